The fourth-order valence-corrected chi connectivity index (χ4v) is 6.49. The molecule has 4 aliphatic carbocycles. The van der Waals surface area contributed by atoms with Crippen molar-refractivity contribution in [1.82, 2.24) is 0 Å². The number of aliphatic imine (C=N–C) groups is 1. The van der Waals surface area contributed by atoms with Crippen molar-refractivity contribution in [2.45, 2.75) is 77.7 Å². The predicted molar refractivity (Wildman–Crippen MR) is 95.5 cm³/mol. The van der Waals surface area contributed by atoms with Gasteiger partial charge in [-0.15, -0.1) is 0 Å². The van der Waals surface area contributed by atoms with Gasteiger partial charge in [0.05, 0.1) is 5.54 Å². The number of Topliss-reactive ketones (excluding diaryl/α,β-unsaturated/α-hetero) is 1. The van der Waals surface area contributed by atoms with Gasteiger partial charge in [0.1, 0.15) is 11.5 Å². The maximum Gasteiger partial charge on any atom is 0.354 e. The van der Waals surface area contributed by atoms with Gasteiger partial charge in [-0.3, -0.25) is 4.99 Å². The molecule has 2 unspecified atom stereocenters. The maximum absolute atomic E-state index is 12.5. The number of rotatable bonds is 7. The number of nitrogens with zero attached hydrogens (tertiary/aromatic N) is 1. The number of carbonyl (C=O) groups excluding carboxylic acids is 2. The van der Waals surface area contributed by atoms with Crippen LogP contribution in [0, 0.1) is 16.7 Å². The average Bonchev–Trinajstić information content (AvgIpc) is 2.45. The Balaban J connectivity index is 1.87. The molecule has 4 aliphatic rings. The number of ether oxygens (including phenoxy) is 2. The molecular weight excluding hydrogens is 318 g/mol. The summed E-state index contributed by atoms with van der Waals surface area (Å²) in [5.41, 5.74) is 0.933. The maximum atomic E-state index is 12.5. The zero-order chi connectivity index (χ0) is 18.3. The van der Waals surface area contributed by atoms with Crippen LogP contribution in [0.5, 0.6) is 0 Å². The number of methoxy groups -OCH3 is 1. The van der Waals surface area contributed by atoms with Gasteiger partial charge in [-0.1, -0.05) is 13.8 Å². The lowest BCUT2D eigenvalue weighted by molar-refractivity contribution is -0.146. The van der Waals surface area contributed by atoms with Gasteiger partial charge in [0.15, 0.2) is 6.79 Å². The molecule has 5 heteroatoms. The van der Waals surface area contributed by atoms with Gasteiger partial charge >= 0.3 is 5.97 Å². The molecular formula is C20H31NO4. The number of hydrogen-bond acceptors (Lipinski definition) is 5. The Bertz CT molecular complexity index is 579. The lowest BCUT2D eigenvalue weighted by Gasteiger charge is -2.64. The molecule has 0 aromatic heterocycles. The van der Waals surface area contributed by atoms with E-state index in [1.807, 2.05) is 0 Å². The van der Waals surface area contributed by atoms with Crippen molar-refractivity contribution >= 4 is 17.5 Å². The van der Waals surface area contributed by atoms with Crippen LogP contribution in [0.2, 0.25) is 0 Å². The van der Waals surface area contributed by atoms with Crippen molar-refractivity contribution in [3.05, 3.63) is 0 Å². The molecule has 0 heterocycles. The Labute approximate surface area is 150 Å². The summed E-state index contributed by atoms with van der Waals surface area (Å²) in [5.74, 6) is 0.338. The second-order valence-electron chi connectivity index (χ2n) is 9.45. The van der Waals surface area contributed by atoms with E-state index >= 15 is 0 Å². The minimum atomic E-state index is -0.436. The van der Waals surface area contributed by atoms with Gasteiger partial charge in [-0.25, -0.2) is 4.79 Å². The van der Waals surface area contributed by atoms with Crippen LogP contribution in [0.15, 0.2) is 4.99 Å². The third-order valence-electron chi connectivity index (χ3n) is 6.23. The molecule has 25 heavy (non-hydrogen) atoms. The summed E-state index contributed by atoms with van der Waals surface area (Å²) >= 11 is 0. The monoisotopic (exact) mass is 349 g/mol. The summed E-state index contributed by atoms with van der Waals surface area (Å²) in [6, 6.07) is 0. The first-order valence-corrected chi connectivity index (χ1v) is 9.41. The molecule has 0 amide bonds. The van der Waals surface area contributed by atoms with Crippen molar-refractivity contribution in [3.63, 3.8) is 0 Å². The smallest absolute Gasteiger partial charge is 0.354 e. The largest absolute Gasteiger partial charge is 0.434 e. The van der Waals surface area contributed by atoms with Crippen molar-refractivity contribution in [3.8, 4) is 0 Å². The molecule has 4 fully saturated rings. The molecule has 4 bridgehead atoms. The summed E-state index contributed by atoms with van der Waals surface area (Å²) in [5, 5.41) is 0. The SMILES string of the molecule is COCOC(=O)C(CCC(C)=O)=NC12CC3CC(C)(CC(C)(C3)C1)C2. The molecule has 0 N–H and O–H groups in total. The van der Waals surface area contributed by atoms with Crippen molar-refractivity contribution in [1.29, 1.82) is 0 Å². The highest BCUT2D eigenvalue weighted by Crippen LogP contribution is 2.67. The Hall–Kier alpha value is -1.23. The van der Waals surface area contributed by atoms with E-state index in [1.165, 1.54) is 26.4 Å². The summed E-state index contributed by atoms with van der Waals surface area (Å²) < 4.78 is 10.00. The van der Waals surface area contributed by atoms with E-state index in [4.69, 9.17) is 14.5 Å². The number of carbonyl (C=O) groups is 2. The average molecular weight is 349 g/mol. The molecule has 0 aliphatic heterocycles. The molecule has 4 rings (SSSR count). The van der Waals surface area contributed by atoms with E-state index < -0.39 is 5.97 Å². The first kappa shape index (κ1) is 18.6. The quantitative estimate of drug-likeness (QED) is 0.399. The van der Waals surface area contributed by atoms with Crippen LogP contribution in [0.25, 0.3) is 0 Å². The Morgan fingerprint density at radius 3 is 2.20 bits per heavy atom. The molecule has 0 radical (unpaired) electrons. The predicted octanol–water partition coefficient (Wildman–Crippen LogP) is 3.69. The van der Waals surface area contributed by atoms with E-state index in [0.717, 1.165) is 19.3 Å². The number of hydrogen-bond donors (Lipinski definition) is 0. The van der Waals surface area contributed by atoms with Gasteiger partial charge < -0.3 is 14.3 Å². The second kappa shape index (κ2) is 6.49. The molecule has 5 nitrogen and oxygen atoms in total. The van der Waals surface area contributed by atoms with E-state index in [-0.39, 0.29) is 18.1 Å². The number of esters is 1. The van der Waals surface area contributed by atoms with Crippen LogP contribution in [-0.2, 0) is 19.1 Å². The molecule has 140 valence electrons. The lowest BCUT2D eigenvalue weighted by Crippen LogP contribution is -2.58. The zero-order valence-electron chi connectivity index (χ0n) is 16.0. The standard InChI is InChI=1S/C20H31NO4/c1-14(22)5-6-16(17(23)25-13-24-4)21-20-9-15-7-18(2,11-20)10-19(3,8-15)12-20/h15H,5-13H2,1-4H3. The first-order chi connectivity index (χ1) is 11.7. The Morgan fingerprint density at radius 1 is 1.04 bits per heavy atom. The molecule has 4 saturated carbocycles. The van der Waals surface area contributed by atoms with Crippen molar-refractivity contribution in [2.75, 3.05) is 13.9 Å². The van der Waals surface area contributed by atoms with E-state index in [2.05, 4.69) is 13.8 Å². The highest BCUT2D eigenvalue weighted by atomic mass is 16.7. The normalized spacial score (nSPS) is 39.5. The van der Waals surface area contributed by atoms with Gasteiger partial charge in [0.2, 0.25) is 0 Å². The first-order valence-electron chi connectivity index (χ1n) is 9.41. The minimum Gasteiger partial charge on any atom is -0.434 e. The molecule has 0 spiro atoms. The topological polar surface area (TPSA) is 65.0 Å². The summed E-state index contributed by atoms with van der Waals surface area (Å²) in [6.45, 7) is 6.24. The highest BCUT2D eigenvalue weighted by Gasteiger charge is 2.60. The zero-order valence-corrected chi connectivity index (χ0v) is 16.0. The van der Waals surface area contributed by atoms with Crippen LogP contribution >= 0.6 is 0 Å². The number of ketones is 1. The molecule has 2 atom stereocenters. The van der Waals surface area contributed by atoms with E-state index in [0.29, 0.717) is 35.3 Å². The van der Waals surface area contributed by atoms with Crippen LogP contribution in [0.3, 0.4) is 0 Å². The molecule has 0 saturated heterocycles. The van der Waals surface area contributed by atoms with Crippen LogP contribution in [0.4, 0.5) is 0 Å². The van der Waals surface area contributed by atoms with Gasteiger partial charge in [-0.05, 0) is 62.2 Å². The van der Waals surface area contributed by atoms with Crippen LogP contribution in [0.1, 0.15) is 72.1 Å². The Morgan fingerprint density at radius 2 is 1.68 bits per heavy atom. The second-order valence-corrected chi connectivity index (χ2v) is 9.45. The summed E-state index contributed by atoms with van der Waals surface area (Å²) in [7, 11) is 1.49. The Kier molecular flexibility index (Phi) is 4.82. The summed E-state index contributed by atoms with van der Waals surface area (Å²) in [4.78, 5) is 28.9. The fraction of sp³-hybridized carbons (Fsp3) is 0.850. The summed E-state index contributed by atoms with van der Waals surface area (Å²) in [6.07, 6.45) is 7.70. The van der Waals surface area contributed by atoms with E-state index in [9.17, 15) is 9.59 Å². The minimum absolute atomic E-state index is 0.0664. The van der Waals surface area contributed by atoms with Gasteiger partial charge in [0.25, 0.3) is 0 Å². The third kappa shape index (κ3) is 3.97. The molecule has 0 aromatic rings. The van der Waals surface area contributed by atoms with Crippen LogP contribution in [-0.4, -0.2) is 36.9 Å². The lowest BCUT2D eigenvalue weighted by atomic mass is 9.43. The van der Waals surface area contributed by atoms with Crippen molar-refractivity contribution < 1.29 is 19.1 Å². The third-order valence-corrected chi connectivity index (χ3v) is 6.23. The van der Waals surface area contributed by atoms with Crippen molar-refractivity contribution in [2.24, 2.45) is 21.7 Å². The van der Waals surface area contributed by atoms with Gasteiger partial charge in [0, 0.05) is 20.0 Å². The van der Waals surface area contributed by atoms with Gasteiger partial charge in [-0.2, -0.15) is 0 Å². The highest BCUT2D eigenvalue weighted by molar-refractivity contribution is 6.36. The van der Waals surface area contributed by atoms with Crippen LogP contribution < -0.4 is 0 Å². The fourth-order valence-electron chi connectivity index (χ4n) is 6.49. The van der Waals surface area contributed by atoms with E-state index in [1.54, 1.807) is 6.92 Å². The molecule has 0 aromatic carbocycles.